The van der Waals surface area contributed by atoms with Crippen LogP contribution in [0.3, 0.4) is 0 Å². The number of aliphatic hydroxyl groups is 1. The number of fused-ring (bicyclic) bond motifs is 5. The predicted octanol–water partition coefficient (Wildman–Crippen LogP) is 4.08. The fraction of sp³-hybridized carbons (Fsp3) is 0.857. The van der Waals surface area contributed by atoms with Gasteiger partial charge in [0.2, 0.25) is 0 Å². The van der Waals surface area contributed by atoms with Crippen molar-refractivity contribution in [1.29, 1.82) is 0 Å². The summed E-state index contributed by atoms with van der Waals surface area (Å²) in [7, 11) is 0. The lowest BCUT2D eigenvalue weighted by atomic mass is 9.43. The van der Waals surface area contributed by atoms with Crippen molar-refractivity contribution < 1.29 is 28.9 Å². The average molecular weight is 488 g/mol. The lowest BCUT2D eigenvalue weighted by Crippen LogP contribution is -2.62. The number of amides is 1. The molecular weight excluding hydrogens is 446 g/mol. The van der Waals surface area contributed by atoms with E-state index >= 15 is 0 Å². The van der Waals surface area contributed by atoms with Gasteiger partial charge in [0.15, 0.2) is 0 Å². The monoisotopic (exact) mass is 487 g/mol. The number of hydrogen-bond acceptors (Lipinski definition) is 6. The maximum Gasteiger partial charge on any atom is 0.410 e. The van der Waals surface area contributed by atoms with Crippen LogP contribution in [0, 0.1) is 34.5 Å². The van der Waals surface area contributed by atoms with Crippen molar-refractivity contribution in [3.05, 3.63) is 11.6 Å². The molecule has 194 valence electrons. The Morgan fingerprint density at radius 1 is 1.06 bits per heavy atom. The van der Waals surface area contributed by atoms with Crippen molar-refractivity contribution >= 4 is 12.1 Å². The molecule has 2 heterocycles. The molecule has 1 N–H and O–H groups in total. The number of carbonyl (C=O) groups excluding carboxylic acids is 2. The Hall–Kier alpha value is -1.60. The number of carbonyl (C=O) groups is 2. The zero-order valence-electron chi connectivity index (χ0n) is 21.3. The number of nitrogens with zero attached hydrogens (tertiary/aromatic N) is 1. The van der Waals surface area contributed by atoms with Gasteiger partial charge in [-0.2, -0.15) is 0 Å². The first-order valence-corrected chi connectivity index (χ1v) is 13.9. The molecule has 0 aromatic carbocycles. The van der Waals surface area contributed by atoms with E-state index in [-0.39, 0.29) is 34.9 Å². The number of esters is 1. The van der Waals surface area contributed by atoms with Crippen molar-refractivity contribution in [2.45, 2.75) is 83.3 Å². The summed E-state index contributed by atoms with van der Waals surface area (Å²) in [6, 6.07) is 0. The van der Waals surface area contributed by atoms with Gasteiger partial charge in [-0.15, -0.1) is 0 Å². The Bertz CT molecular complexity index is 913. The van der Waals surface area contributed by atoms with Gasteiger partial charge in [-0.05, 0) is 92.4 Å². The van der Waals surface area contributed by atoms with Gasteiger partial charge in [-0.25, -0.2) is 9.59 Å². The number of ether oxygens (including phenoxy) is 3. The van der Waals surface area contributed by atoms with E-state index < -0.39 is 5.60 Å². The molecule has 0 radical (unpaired) electrons. The van der Waals surface area contributed by atoms with Crippen molar-refractivity contribution in [1.82, 2.24) is 4.90 Å². The first kappa shape index (κ1) is 23.8. The summed E-state index contributed by atoms with van der Waals surface area (Å²) in [4.78, 5) is 26.2. The molecule has 7 nitrogen and oxygen atoms in total. The van der Waals surface area contributed by atoms with Gasteiger partial charge in [-0.1, -0.05) is 13.8 Å². The second kappa shape index (κ2) is 8.47. The highest BCUT2D eigenvalue weighted by Gasteiger charge is 2.67. The van der Waals surface area contributed by atoms with Crippen LogP contribution in [0.1, 0.15) is 71.6 Å². The molecule has 5 fully saturated rings. The first-order chi connectivity index (χ1) is 16.7. The van der Waals surface area contributed by atoms with Gasteiger partial charge >= 0.3 is 12.1 Å². The third-order valence-corrected chi connectivity index (χ3v) is 11.5. The molecule has 0 aromatic rings. The second-order valence-electron chi connectivity index (χ2n) is 12.7. The van der Waals surface area contributed by atoms with Crippen LogP contribution < -0.4 is 0 Å². The third-order valence-electron chi connectivity index (χ3n) is 11.5. The van der Waals surface area contributed by atoms with Crippen molar-refractivity contribution in [2.24, 2.45) is 34.5 Å². The van der Waals surface area contributed by atoms with Gasteiger partial charge in [0, 0.05) is 24.6 Å². The summed E-state index contributed by atoms with van der Waals surface area (Å²) >= 11 is 0. The molecule has 1 saturated heterocycles. The quantitative estimate of drug-likeness (QED) is 0.591. The van der Waals surface area contributed by atoms with Crippen molar-refractivity contribution in [3.63, 3.8) is 0 Å². The minimum atomic E-state index is -0.680. The van der Waals surface area contributed by atoms with Gasteiger partial charge in [0.25, 0.3) is 0 Å². The average Bonchev–Trinajstić information content (AvgIpc) is 3.39. The predicted molar refractivity (Wildman–Crippen MR) is 128 cm³/mol. The highest BCUT2D eigenvalue weighted by atomic mass is 16.6. The number of cyclic esters (lactones) is 1. The SMILES string of the molecule is CC12CCC(OC(=O)N3CCOCC3)CC1CCC1C2CCC2(C)C(C3=CC(=O)OC3)CCC12O. The molecule has 4 saturated carbocycles. The van der Waals surface area contributed by atoms with Gasteiger partial charge in [0.1, 0.15) is 12.7 Å². The minimum Gasteiger partial charge on any atom is -0.458 e. The molecule has 0 bridgehead atoms. The molecule has 0 spiro atoms. The Morgan fingerprint density at radius 3 is 2.60 bits per heavy atom. The zero-order chi connectivity index (χ0) is 24.4. The number of rotatable bonds is 2. The van der Waals surface area contributed by atoms with E-state index in [0.717, 1.165) is 63.4 Å². The molecule has 8 unspecified atom stereocenters. The Morgan fingerprint density at radius 2 is 1.86 bits per heavy atom. The van der Waals surface area contributed by atoms with Gasteiger partial charge < -0.3 is 24.2 Å². The summed E-state index contributed by atoms with van der Waals surface area (Å²) in [5.74, 6) is 1.35. The first-order valence-electron chi connectivity index (χ1n) is 13.9. The van der Waals surface area contributed by atoms with E-state index in [1.165, 1.54) is 0 Å². The topological polar surface area (TPSA) is 85.3 Å². The van der Waals surface area contributed by atoms with E-state index in [9.17, 15) is 14.7 Å². The maximum absolute atomic E-state index is 12.7. The largest absolute Gasteiger partial charge is 0.458 e. The summed E-state index contributed by atoms with van der Waals surface area (Å²) in [5.41, 5.74) is 0.406. The smallest absolute Gasteiger partial charge is 0.410 e. The summed E-state index contributed by atoms with van der Waals surface area (Å²) in [6.45, 7) is 7.55. The van der Waals surface area contributed by atoms with Crippen LogP contribution in [0.5, 0.6) is 0 Å². The van der Waals surface area contributed by atoms with Crippen LogP contribution in [0.2, 0.25) is 0 Å². The van der Waals surface area contributed by atoms with Gasteiger partial charge in [0.05, 0.1) is 18.8 Å². The third kappa shape index (κ3) is 3.58. The van der Waals surface area contributed by atoms with E-state index in [4.69, 9.17) is 14.2 Å². The summed E-state index contributed by atoms with van der Waals surface area (Å²) in [6.07, 6.45) is 10.5. The maximum atomic E-state index is 12.7. The van der Waals surface area contributed by atoms with Crippen molar-refractivity contribution in [2.75, 3.05) is 32.9 Å². The molecule has 7 heteroatoms. The van der Waals surface area contributed by atoms with Crippen LogP contribution in [0.25, 0.3) is 0 Å². The Kier molecular flexibility index (Phi) is 5.76. The van der Waals surface area contributed by atoms with Crippen LogP contribution in [-0.2, 0) is 19.0 Å². The van der Waals surface area contributed by atoms with Crippen LogP contribution in [0.4, 0.5) is 4.79 Å². The molecule has 4 aliphatic carbocycles. The fourth-order valence-corrected chi connectivity index (χ4v) is 9.44. The highest BCUT2D eigenvalue weighted by molar-refractivity contribution is 5.85. The molecule has 2 aliphatic heterocycles. The van der Waals surface area contributed by atoms with Crippen LogP contribution in [0.15, 0.2) is 11.6 Å². The molecule has 8 atom stereocenters. The number of hydrogen-bond donors (Lipinski definition) is 1. The van der Waals surface area contributed by atoms with Crippen LogP contribution >= 0.6 is 0 Å². The van der Waals surface area contributed by atoms with E-state index in [1.807, 2.05) is 0 Å². The molecule has 1 amide bonds. The summed E-state index contributed by atoms with van der Waals surface area (Å²) < 4.78 is 16.6. The highest BCUT2D eigenvalue weighted by Crippen LogP contribution is 2.70. The fourth-order valence-electron chi connectivity index (χ4n) is 9.44. The Labute approximate surface area is 208 Å². The Balaban J connectivity index is 1.16. The molecule has 0 aromatic heterocycles. The molecule has 6 aliphatic rings. The van der Waals surface area contributed by atoms with E-state index in [2.05, 4.69) is 13.8 Å². The van der Waals surface area contributed by atoms with Gasteiger partial charge in [-0.3, -0.25) is 0 Å². The lowest BCUT2D eigenvalue weighted by molar-refractivity contribution is -0.208. The van der Waals surface area contributed by atoms with Crippen LogP contribution in [-0.4, -0.2) is 66.7 Å². The molecule has 6 rings (SSSR count). The zero-order valence-corrected chi connectivity index (χ0v) is 21.3. The second-order valence-corrected chi connectivity index (χ2v) is 12.7. The number of morpholine rings is 1. The normalized spacial score (nSPS) is 47.3. The molecular formula is C28H41NO6. The van der Waals surface area contributed by atoms with Crippen molar-refractivity contribution in [3.8, 4) is 0 Å². The van der Waals surface area contributed by atoms with E-state index in [0.29, 0.717) is 50.7 Å². The summed E-state index contributed by atoms with van der Waals surface area (Å²) in [5, 5.41) is 12.3. The van der Waals surface area contributed by atoms with E-state index in [1.54, 1.807) is 11.0 Å². The standard InChI is InChI=1S/C28H41NO6/c1-26-8-5-20(35-25(31)29-11-13-33-14-12-29)16-19(26)3-4-23-22(26)6-9-27(2)21(7-10-28(23,27)32)18-15-24(30)34-17-18/h15,19-23,32H,3-14,16-17H2,1-2H3. The molecule has 35 heavy (non-hydrogen) atoms. The lowest BCUT2D eigenvalue weighted by Gasteiger charge is -2.63. The minimum absolute atomic E-state index is 0.000357.